The fourth-order valence-corrected chi connectivity index (χ4v) is 4.59. The van der Waals surface area contributed by atoms with Crippen LogP contribution in [0.15, 0.2) is 84.9 Å². The molecule has 0 spiro atoms. The second-order valence-corrected chi connectivity index (χ2v) is 8.77. The van der Waals surface area contributed by atoms with Crippen molar-refractivity contribution in [3.63, 3.8) is 0 Å². The molecule has 0 saturated heterocycles. The Morgan fingerprint density at radius 1 is 0.971 bits per heavy atom. The maximum Gasteiger partial charge on any atom is 0.336 e. The molecule has 0 fully saturated rings. The number of anilines is 2. The van der Waals surface area contributed by atoms with Gasteiger partial charge in [-0.2, -0.15) is 0 Å². The van der Waals surface area contributed by atoms with Crippen LogP contribution in [0.4, 0.5) is 11.4 Å². The molecule has 34 heavy (non-hydrogen) atoms. The highest BCUT2D eigenvalue weighted by Crippen LogP contribution is 2.34. The molecule has 4 aromatic carbocycles. The van der Waals surface area contributed by atoms with Crippen molar-refractivity contribution in [1.82, 2.24) is 5.32 Å². The van der Waals surface area contributed by atoms with Gasteiger partial charge in [0.2, 0.25) is 0 Å². The molecule has 174 valence electrons. The van der Waals surface area contributed by atoms with Gasteiger partial charge in [0.1, 0.15) is 0 Å². The van der Waals surface area contributed by atoms with Crippen molar-refractivity contribution >= 4 is 28.1 Å². The number of nitrogens with one attached hydrogen (secondary N) is 1. The first-order valence-electron chi connectivity index (χ1n) is 11.8. The first kappa shape index (κ1) is 23.5. The summed E-state index contributed by atoms with van der Waals surface area (Å²) in [7, 11) is 1.99. The number of fused-ring (bicyclic) bond motifs is 2. The molecule has 0 aromatic heterocycles. The average molecular weight is 453 g/mol. The summed E-state index contributed by atoms with van der Waals surface area (Å²) >= 11 is 0. The molecule has 2 N–H and O–H groups in total. The summed E-state index contributed by atoms with van der Waals surface area (Å²) in [5.41, 5.74) is 6.03. The number of carboxylic acids is 1. The summed E-state index contributed by atoms with van der Waals surface area (Å²) in [4.78, 5) is 13.5. The predicted octanol–water partition coefficient (Wildman–Crippen LogP) is 6.90. The van der Waals surface area contributed by atoms with E-state index < -0.39 is 5.97 Å². The van der Waals surface area contributed by atoms with Crippen molar-refractivity contribution in [3.8, 4) is 0 Å². The summed E-state index contributed by atoms with van der Waals surface area (Å²) in [6.07, 6.45) is 2.18. The third kappa shape index (κ3) is 4.97. The van der Waals surface area contributed by atoms with Crippen LogP contribution in [0.25, 0.3) is 10.8 Å². The number of para-hydroxylation sites is 1. The minimum Gasteiger partial charge on any atom is -0.478 e. The first-order chi connectivity index (χ1) is 16.5. The lowest BCUT2D eigenvalue weighted by molar-refractivity contribution is 0.0696. The number of carbonyl (C=O) groups is 1. The molecule has 0 amide bonds. The van der Waals surface area contributed by atoms with Gasteiger partial charge in [-0.25, -0.2) is 4.79 Å². The van der Waals surface area contributed by atoms with Crippen molar-refractivity contribution in [1.29, 1.82) is 0 Å². The van der Waals surface area contributed by atoms with Crippen LogP contribution in [0.5, 0.6) is 0 Å². The number of aromatic carboxylic acids is 1. The summed E-state index contributed by atoms with van der Waals surface area (Å²) in [6.45, 7) is 4.94. The highest BCUT2D eigenvalue weighted by Gasteiger charge is 2.19. The summed E-state index contributed by atoms with van der Waals surface area (Å²) in [5, 5.41) is 15.2. The van der Waals surface area contributed by atoms with Gasteiger partial charge in [-0.15, -0.1) is 0 Å². The molecule has 0 aliphatic carbocycles. The fraction of sp³-hybridized carbons (Fsp3) is 0.233. The monoisotopic (exact) mass is 452 g/mol. The summed E-state index contributed by atoms with van der Waals surface area (Å²) in [6, 6.07) is 29.4. The van der Waals surface area contributed by atoms with Crippen LogP contribution in [0.1, 0.15) is 46.4 Å². The number of hydrogen-bond acceptors (Lipinski definition) is 3. The first-order valence-corrected chi connectivity index (χ1v) is 11.8. The van der Waals surface area contributed by atoms with E-state index in [1.165, 1.54) is 27.6 Å². The SMILES string of the molecule is CN[C@H](C)c1cccc2ccccc12.Cc1ccc(N2CCCc3ccccc32)cc1C(=O)O. The van der Waals surface area contributed by atoms with Gasteiger partial charge in [0.05, 0.1) is 5.56 Å². The zero-order valence-corrected chi connectivity index (χ0v) is 20.1. The second kappa shape index (κ2) is 10.5. The molecule has 4 nitrogen and oxygen atoms in total. The van der Waals surface area contributed by atoms with Crippen molar-refractivity contribution in [2.24, 2.45) is 0 Å². The summed E-state index contributed by atoms with van der Waals surface area (Å²) < 4.78 is 0. The van der Waals surface area contributed by atoms with Gasteiger partial charge >= 0.3 is 5.97 Å². The zero-order valence-electron chi connectivity index (χ0n) is 20.1. The fourth-order valence-electron chi connectivity index (χ4n) is 4.59. The molecule has 0 unspecified atom stereocenters. The van der Waals surface area contributed by atoms with Gasteiger partial charge in [-0.1, -0.05) is 66.7 Å². The maximum atomic E-state index is 11.3. The summed E-state index contributed by atoms with van der Waals surface area (Å²) in [5.74, 6) is -0.866. The van der Waals surface area contributed by atoms with E-state index in [-0.39, 0.29) is 0 Å². The van der Waals surface area contributed by atoms with Crippen LogP contribution in [0.3, 0.4) is 0 Å². The van der Waals surface area contributed by atoms with E-state index in [9.17, 15) is 9.90 Å². The van der Waals surface area contributed by atoms with Gasteiger partial charge in [-0.3, -0.25) is 0 Å². The Morgan fingerprint density at radius 3 is 2.50 bits per heavy atom. The molecule has 1 aliphatic heterocycles. The third-order valence-corrected chi connectivity index (χ3v) is 6.60. The molecule has 0 bridgehead atoms. The number of carboxylic acid groups (broad SMARTS) is 1. The van der Waals surface area contributed by atoms with E-state index in [1.807, 2.05) is 32.2 Å². The average Bonchev–Trinajstić information content (AvgIpc) is 2.88. The molecule has 1 atom stereocenters. The molecular weight excluding hydrogens is 420 g/mol. The number of benzene rings is 4. The highest BCUT2D eigenvalue weighted by atomic mass is 16.4. The molecule has 5 rings (SSSR count). The molecule has 1 heterocycles. The highest BCUT2D eigenvalue weighted by molar-refractivity contribution is 5.91. The van der Waals surface area contributed by atoms with E-state index >= 15 is 0 Å². The number of hydrogen-bond donors (Lipinski definition) is 2. The van der Waals surface area contributed by atoms with Gasteiger partial charge in [0.15, 0.2) is 0 Å². The van der Waals surface area contributed by atoms with Crippen LogP contribution in [-0.4, -0.2) is 24.7 Å². The Hall–Kier alpha value is -3.63. The van der Waals surface area contributed by atoms with Crippen LogP contribution < -0.4 is 10.2 Å². The molecule has 0 saturated carbocycles. The maximum absolute atomic E-state index is 11.3. The van der Waals surface area contributed by atoms with Crippen LogP contribution in [0, 0.1) is 6.92 Å². The van der Waals surface area contributed by atoms with Crippen LogP contribution >= 0.6 is 0 Å². The second-order valence-electron chi connectivity index (χ2n) is 8.77. The van der Waals surface area contributed by atoms with Gasteiger partial charge in [0, 0.05) is 24.0 Å². The predicted molar refractivity (Wildman–Crippen MR) is 141 cm³/mol. The van der Waals surface area contributed by atoms with Crippen molar-refractivity contribution in [2.75, 3.05) is 18.5 Å². The Kier molecular flexibility index (Phi) is 7.29. The number of rotatable bonds is 4. The van der Waals surface area contributed by atoms with Crippen LogP contribution in [0.2, 0.25) is 0 Å². The zero-order chi connectivity index (χ0) is 24.1. The lowest BCUT2D eigenvalue weighted by atomic mass is 10.00. The lowest BCUT2D eigenvalue weighted by Gasteiger charge is -2.31. The van der Waals surface area contributed by atoms with Crippen LogP contribution in [-0.2, 0) is 6.42 Å². The van der Waals surface area contributed by atoms with Gasteiger partial charge in [0.25, 0.3) is 0 Å². The minimum atomic E-state index is -0.866. The van der Waals surface area contributed by atoms with Crippen molar-refractivity contribution in [2.45, 2.75) is 32.7 Å². The third-order valence-electron chi connectivity index (χ3n) is 6.60. The Bertz CT molecular complexity index is 1290. The van der Waals surface area contributed by atoms with E-state index in [0.717, 1.165) is 30.6 Å². The smallest absolute Gasteiger partial charge is 0.336 e. The van der Waals surface area contributed by atoms with E-state index in [2.05, 4.69) is 77.8 Å². The minimum absolute atomic E-state index is 0.380. The number of aryl methyl sites for hydroxylation is 2. The molecule has 4 heteroatoms. The Labute approximate surface area is 201 Å². The normalized spacial score (nSPS) is 13.6. The van der Waals surface area contributed by atoms with E-state index in [0.29, 0.717) is 11.6 Å². The quantitative estimate of drug-likeness (QED) is 0.354. The molecular formula is C30H32N2O2. The van der Waals surface area contributed by atoms with E-state index in [1.54, 1.807) is 6.07 Å². The largest absolute Gasteiger partial charge is 0.478 e. The Balaban J connectivity index is 0.000000172. The van der Waals surface area contributed by atoms with Gasteiger partial charge in [-0.05, 0) is 79.4 Å². The topological polar surface area (TPSA) is 52.6 Å². The standard InChI is InChI=1S/C17H17NO2.C13H15N/c1-12-8-9-14(11-15(12)17(19)20)18-10-4-6-13-5-2-3-7-16(13)18;1-10(14-2)12-9-5-7-11-6-3-4-8-13(11)12/h2-3,5,7-9,11H,4,6,10H2,1H3,(H,19,20);3-10,14H,1-2H3/t;10-/m.1/s1. The van der Waals surface area contributed by atoms with Gasteiger partial charge < -0.3 is 15.3 Å². The molecule has 4 aromatic rings. The molecule has 1 aliphatic rings. The van der Waals surface area contributed by atoms with E-state index in [4.69, 9.17) is 0 Å². The lowest BCUT2D eigenvalue weighted by Crippen LogP contribution is -2.24. The van der Waals surface area contributed by atoms with Crippen molar-refractivity contribution < 1.29 is 9.90 Å². The number of nitrogens with zero attached hydrogens (tertiary/aromatic N) is 1. The molecule has 0 radical (unpaired) electrons. The van der Waals surface area contributed by atoms with Crippen molar-refractivity contribution in [3.05, 3.63) is 107 Å². The Morgan fingerprint density at radius 2 is 1.71 bits per heavy atom.